The fraction of sp³-hybridized carbons (Fsp3) is 0.474. The third kappa shape index (κ3) is 3.25. The Labute approximate surface area is 152 Å². The lowest BCUT2D eigenvalue weighted by molar-refractivity contribution is -0.150. The van der Waals surface area contributed by atoms with Crippen LogP contribution in [0.2, 0.25) is 5.02 Å². The van der Waals surface area contributed by atoms with Gasteiger partial charge in [0.25, 0.3) is 5.91 Å². The Kier molecular flexibility index (Phi) is 4.78. The summed E-state index contributed by atoms with van der Waals surface area (Å²) in [5.41, 5.74) is 0.488. The number of hydrogen-bond acceptors (Lipinski definition) is 4. The molecule has 0 radical (unpaired) electrons. The van der Waals surface area contributed by atoms with Crippen LogP contribution in [-0.4, -0.2) is 24.6 Å². The molecular formula is C19H22ClNO4. The van der Waals surface area contributed by atoms with Crippen molar-refractivity contribution in [3.8, 4) is 5.75 Å². The van der Waals surface area contributed by atoms with E-state index in [4.69, 9.17) is 21.1 Å². The molecule has 1 amide bonds. The lowest BCUT2D eigenvalue weighted by Crippen LogP contribution is -2.40. The van der Waals surface area contributed by atoms with E-state index in [9.17, 15) is 9.59 Å². The largest absolute Gasteiger partial charge is 0.495 e. The van der Waals surface area contributed by atoms with Crippen molar-refractivity contribution in [2.24, 2.45) is 5.92 Å². The molecule has 1 fully saturated rings. The number of nitrogens with one attached hydrogen (secondary N) is 1. The maximum Gasteiger partial charge on any atom is 0.335 e. The highest BCUT2D eigenvalue weighted by Crippen LogP contribution is 2.45. The molecule has 1 aromatic rings. The summed E-state index contributed by atoms with van der Waals surface area (Å²) in [6, 6.07) is 5.00. The van der Waals surface area contributed by atoms with Crippen LogP contribution in [0.1, 0.15) is 39.5 Å². The molecule has 6 heteroatoms. The predicted molar refractivity (Wildman–Crippen MR) is 95.8 cm³/mol. The van der Waals surface area contributed by atoms with Crippen LogP contribution < -0.4 is 10.1 Å². The van der Waals surface area contributed by atoms with Crippen LogP contribution in [0.3, 0.4) is 0 Å². The molecule has 2 aliphatic rings. The van der Waals surface area contributed by atoms with Gasteiger partial charge in [-0.25, -0.2) is 4.79 Å². The van der Waals surface area contributed by atoms with Crippen molar-refractivity contribution in [1.82, 2.24) is 0 Å². The molecule has 5 nitrogen and oxygen atoms in total. The SMILES string of the molecule is COc1ccc(Cl)cc1NC(=O)C1=C(C)C(=O)OC12CCC(C)CC2. The number of carbonyl (C=O) groups is 2. The Bertz CT molecular complexity index is 748. The van der Waals surface area contributed by atoms with Crippen molar-refractivity contribution in [2.45, 2.75) is 45.1 Å². The number of halogens is 1. The van der Waals surface area contributed by atoms with Gasteiger partial charge in [0.2, 0.25) is 0 Å². The molecule has 1 aliphatic heterocycles. The number of esters is 1. The van der Waals surface area contributed by atoms with Gasteiger partial charge in [0.1, 0.15) is 11.4 Å². The van der Waals surface area contributed by atoms with Crippen LogP contribution in [0.15, 0.2) is 29.3 Å². The molecule has 0 unspecified atom stereocenters. The molecule has 1 N–H and O–H groups in total. The molecule has 1 aliphatic carbocycles. The molecule has 1 aromatic carbocycles. The Hall–Kier alpha value is -2.01. The van der Waals surface area contributed by atoms with Crippen LogP contribution in [0.5, 0.6) is 5.75 Å². The number of ether oxygens (including phenoxy) is 2. The first-order chi connectivity index (χ1) is 11.9. The van der Waals surface area contributed by atoms with E-state index < -0.39 is 11.6 Å². The lowest BCUT2D eigenvalue weighted by atomic mass is 9.75. The van der Waals surface area contributed by atoms with Gasteiger partial charge in [-0.3, -0.25) is 4.79 Å². The summed E-state index contributed by atoms with van der Waals surface area (Å²) in [4.78, 5) is 25.2. The number of hydrogen-bond donors (Lipinski definition) is 1. The van der Waals surface area contributed by atoms with Gasteiger partial charge in [-0.1, -0.05) is 18.5 Å². The zero-order chi connectivity index (χ0) is 18.2. The third-order valence-electron chi connectivity index (χ3n) is 5.14. The fourth-order valence-corrected chi connectivity index (χ4v) is 3.84. The van der Waals surface area contributed by atoms with Crippen LogP contribution in [-0.2, 0) is 14.3 Å². The molecule has 3 rings (SSSR count). The van der Waals surface area contributed by atoms with E-state index in [2.05, 4.69) is 12.2 Å². The third-order valence-corrected chi connectivity index (χ3v) is 5.38. The Balaban J connectivity index is 1.92. The van der Waals surface area contributed by atoms with Crippen molar-refractivity contribution in [1.29, 1.82) is 0 Å². The number of amides is 1. The van der Waals surface area contributed by atoms with Crippen molar-refractivity contribution in [2.75, 3.05) is 12.4 Å². The summed E-state index contributed by atoms with van der Waals surface area (Å²) in [6.45, 7) is 3.83. The molecule has 0 saturated heterocycles. The van der Waals surface area contributed by atoms with Gasteiger partial charge in [0.15, 0.2) is 0 Å². The molecule has 1 saturated carbocycles. The van der Waals surface area contributed by atoms with E-state index in [1.54, 1.807) is 25.1 Å². The topological polar surface area (TPSA) is 64.6 Å². The zero-order valence-electron chi connectivity index (χ0n) is 14.6. The minimum Gasteiger partial charge on any atom is -0.495 e. The van der Waals surface area contributed by atoms with Crippen molar-refractivity contribution in [3.63, 3.8) is 0 Å². The summed E-state index contributed by atoms with van der Waals surface area (Å²) >= 11 is 6.03. The summed E-state index contributed by atoms with van der Waals surface area (Å²) in [7, 11) is 1.52. The molecule has 1 spiro atoms. The van der Waals surface area contributed by atoms with Gasteiger partial charge in [-0.2, -0.15) is 0 Å². The number of anilines is 1. The van der Waals surface area contributed by atoms with Crippen LogP contribution in [0.25, 0.3) is 0 Å². The first-order valence-corrected chi connectivity index (χ1v) is 8.83. The highest BCUT2D eigenvalue weighted by Gasteiger charge is 2.50. The van der Waals surface area contributed by atoms with E-state index in [0.29, 0.717) is 46.4 Å². The second-order valence-electron chi connectivity index (χ2n) is 6.87. The van der Waals surface area contributed by atoms with E-state index in [1.165, 1.54) is 7.11 Å². The van der Waals surface area contributed by atoms with Gasteiger partial charge in [-0.15, -0.1) is 0 Å². The minimum absolute atomic E-state index is 0.335. The molecule has 134 valence electrons. The Morgan fingerprint density at radius 3 is 2.68 bits per heavy atom. The lowest BCUT2D eigenvalue weighted by Gasteiger charge is -2.36. The number of methoxy groups -OCH3 is 1. The average molecular weight is 364 g/mol. The number of carbonyl (C=O) groups excluding carboxylic acids is 2. The summed E-state index contributed by atoms with van der Waals surface area (Å²) in [6.07, 6.45) is 3.20. The van der Waals surface area contributed by atoms with Gasteiger partial charge in [0, 0.05) is 10.6 Å². The minimum atomic E-state index is -0.802. The van der Waals surface area contributed by atoms with E-state index >= 15 is 0 Å². The van der Waals surface area contributed by atoms with E-state index in [-0.39, 0.29) is 5.91 Å². The van der Waals surface area contributed by atoms with Crippen LogP contribution >= 0.6 is 11.6 Å². The van der Waals surface area contributed by atoms with Crippen molar-refractivity contribution in [3.05, 3.63) is 34.4 Å². The first kappa shape index (κ1) is 17.8. The molecule has 0 bridgehead atoms. The molecule has 1 heterocycles. The van der Waals surface area contributed by atoms with Gasteiger partial charge in [0.05, 0.1) is 18.4 Å². The molecule has 25 heavy (non-hydrogen) atoms. The van der Waals surface area contributed by atoms with E-state index in [0.717, 1.165) is 12.8 Å². The summed E-state index contributed by atoms with van der Waals surface area (Å²) in [5.74, 6) is 0.339. The number of benzene rings is 1. The predicted octanol–water partition coefficient (Wildman–Crippen LogP) is 4.11. The average Bonchev–Trinajstić information content (AvgIpc) is 2.81. The maximum absolute atomic E-state index is 13.0. The standard InChI is InChI=1S/C19H22ClNO4/c1-11-6-8-19(9-7-11)16(12(2)18(23)25-19)17(22)21-14-10-13(20)4-5-15(14)24-3/h4-5,10-11H,6-9H2,1-3H3,(H,21,22). The maximum atomic E-state index is 13.0. The highest BCUT2D eigenvalue weighted by molar-refractivity contribution is 6.31. The van der Waals surface area contributed by atoms with E-state index in [1.807, 2.05) is 0 Å². The van der Waals surface area contributed by atoms with Crippen molar-refractivity contribution >= 4 is 29.2 Å². The summed E-state index contributed by atoms with van der Waals surface area (Å²) < 4.78 is 10.9. The summed E-state index contributed by atoms with van der Waals surface area (Å²) in [5, 5.41) is 3.33. The normalized spacial score (nSPS) is 25.9. The van der Waals surface area contributed by atoms with Gasteiger partial charge in [-0.05, 0) is 56.7 Å². The van der Waals surface area contributed by atoms with Crippen LogP contribution in [0.4, 0.5) is 5.69 Å². The quantitative estimate of drug-likeness (QED) is 0.821. The van der Waals surface area contributed by atoms with Gasteiger partial charge < -0.3 is 14.8 Å². The fourth-order valence-electron chi connectivity index (χ4n) is 3.67. The first-order valence-electron chi connectivity index (χ1n) is 8.46. The zero-order valence-corrected chi connectivity index (χ0v) is 15.4. The van der Waals surface area contributed by atoms with Crippen molar-refractivity contribution < 1.29 is 19.1 Å². The monoisotopic (exact) mass is 363 g/mol. The van der Waals surface area contributed by atoms with Crippen LogP contribution in [0, 0.1) is 5.92 Å². The number of rotatable bonds is 3. The smallest absolute Gasteiger partial charge is 0.335 e. The van der Waals surface area contributed by atoms with Gasteiger partial charge >= 0.3 is 5.97 Å². The Morgan fingerprint density at radius 1 is 1.36 bits per heavy atom. The molecule has 0 aromatic heterocycles. The second-order valence-corrected chi connectivity index (χ2v) is 7.30. The highest BCUT2D eigenvalue weighted by atomic mass is 35.5. The molecule has 0 atom stereocenters. The second kappa shape index (κ2) is 6.71. The Morgan fingerprint density at radius 2 is 2.04 bits per heavy atom. The molecular weight excluding hydrogens is 342 g/mol.